The molecule has 0 aliphatic carbocycles. The number of anilines is 1. The summed E-state index contributed by atoms with van der Waals surface area (Å²) in [6.07, 6.45) is 0. The summed E-state index contributed by atoms with van der Waals surface area (Å²) >= 11 is 0. The average molecular weight is 224 g/mol. The molecule has 1 aliphatic heterocycles. The molecule has 0 radical (unpaired) electrons. The Morgan fingerprint density at radius 3 is 3.06 bits per heavy atom. The zero-order chi connectivity index (χ0) is 11.5. The van der Waals surface area contributed by atoms with Gasteiger partial charge in [0, 0.05) is 25.3 Å². The highest BCUT2D eigenvalue weighted by molar-refractivity contribution is 5.75. The fourth-order valence-corrected chi connectivity index (χ4v) is 1.82. The van der Waals surface area contributed by atoms with Crippen LogP contribution in [0.15, 0.2) is 24.3 Å². The van der Waals surface area contributed by atoms with E-state index in [4.69, 9.17) is 5.11 Å². The standard InChI is InChI=1S/C11H13FN2O2/c12-8-2-1-3-9(6-8)14-5-4-13-10(7-14)11(15)16/h1-3,6,10,13H,4-5,7H2,(H,15,16). The Kier molecular flexibility index (Phi) is 3.05. The van der Waals surface area contributed by atoms with Crippen molar-refractivity contribution >= 4 is 11.7 Å². The van der Waals surface area contributed by atoms with Gasteiger partial charge in [0.15, 0.2) is 0 Å². The molecule has 16 heavy (non-hydrogen) atoms. The third kappa shape index (κ3) is 2.30. The largest absolute Gasteiger partial charge is 0.480 e. The first kappa shape index (κ1) is 10.9. The van der Waals surface area contributed by atoms with Gasteiger partial charge in [-0.3, -0.25) is 4.79 Å². The van der Waals surface area contributed by atoms with Crippen LogP contribution >= 0.6 is 0 Å². The van der Waals surface area contributed by atoms with Crippen LogP contribution in [0.5, 0.6) is 0 Å². The highest BCUT2D eigenvalue weighted by Gasteiger charge is 2.24. The van der Waals surface area contributed by atoms with Gasteiger partial charge in [0.25, 0.3) is 0 Å². The Hall–Kier alpha value is -1.62. The second-order valence-electron chi connectivity index (χ2n) is 3.77. The topological polar surface area (TPSA) is 52.6 Å². The molecule has 2 rings (SSSR count). The summed E-state index contributed by atoms with van der Waals surface area (Å²) < 4.78 is 13.0. The first-order valence-electron chi connectivity index (χ1n) is 5.13. The van der Waals surface area contributed by atoms with Gasteiger partial charge in [0.05, 0.1) is 0 Å². The molecule has 0 aromatic heterocycles. The minimum atomic E-state index is -0.874. The van der Waals surface area contributed by atoms with Gasteiger partial charge in [-0.2, -0.15) is 0 Å². The molecule has 86 valence electrons. The van der Waals surface area contributed by atoms with E-state index in [-0.39, 0.29) is 5.82 Å². The third-order valence-corrected chi connectivity index (χ3v) is 2.65. The van der Waals surface area contributed by atoms with Crippen molar-refractivity contribution in [3.05, 3.63) is 30.1 Å². The van der Waals surface area contributed by atoms with Crippen LogP contribution in [0.1, 0.15) is 0 Å². The van der Waals surface area contributed by atoms with Crippen molar-refractivity contribution in [2.45, 2.75) is 6.04 Å². The maximum absolute atomic E-state index is 13.0. The average Bonchev–Trinajstić information content (AvgIpc) is 2.29. The SMILES string of the molecule is O=C(O)C1CN(c2cccc(F)c2)CCN1. The van der Waals surface area contributed by atoms with Crippen LogP contribution < -0.4 is 10.2 Å². The molecule has 1 heterocycles. The summed E-state index contributed by atoms with van der Waals surface area (Å²) in [7, 11) is 0. The molecule has 1 saturated heterocycles. The molecule has 0 spiro atoms. The van der Waals surface area contributed by atoms with Crippen LogP contribution in [-0.4, -0.2) is 36.8 Å². The van der Waals surface area contributed by atoms with Crippen molar-refractivity contribution in [1.29, 1.82) is 0 Å². The highest BCUT2D eigenvalue weighted by Crippen LogP contribution is 2.17. The normalized spacial score (nSPS) is 20.8. The Morgan fingerprint density at radius 1 is 1.56 bits per heavy atom. The van der Waals surface area contributed by atoms with Crippen molar-refractivity contribution in [2.75, 3.05) is 24.5 Å². The van der Waals surface area contributed by atoms with Gasteiger partial charge in [-0.05, 0) is 18.2 Å². The van der Waals surface area contributed by atoms with E-state index in [1.165, 1.54) is 12.1 Å². The molecule has 4 nitrogen and oxygen atoms in total. The number of benzene rings is 1. The predicted octanol–water partition coefficient (Wildman–Crippen LogP) is 0.689. The number of carboxylic acid groups (broad SMARTS) is 1. The molecule has 1 aromatic rings. The number of aliphatic carboxylic acids is 1. The van der Waals surface area contributed by atoms with E-state index in [0.29, 0.717) is 19.6 Å². The molecule has 0 saturated carbocycles. The molecule has 1 aromatic carbocycles. The zero-order valence-electron chi connectivity index (χ0n) is 8.69. The smallest absolute Gasteiger partial charge is 0.322 e. The molecule has 1 atom stereocenters. The molecule has 0 bridgehead atoms. The fraction of sp³-hybridized carbons (Fsp3) is 0.364. The van der Waals surface area contributed by atoms with Crippen molar-refractivity contribution < 1.29 is 14.3 Å². The third-order valence-electron chi connectivity index (χ3n) is 2.65. The van der Waals surface area contributed by atoms with Gasteiger partial charge < -0.3 is 15.3 Å². The summed E-state index contributed by atoms with van der Waals surface area (Å²) in [6.45, 7) is 1.64. The summed E-state index contributed by atoms with van der Waals surface area (Å²) in [4.78, 5) is 12.7. The fourth-order valence-electron chi connectivity index (χ4n) is 1.82. The maximum Gasteiger partial charge on any atom is 0.322 e. The number of carboxylic acids is 1. The van der Waals surface area contributed by atoms with E-state index < -0.39 is 12.0 Å². The number of piperazine rings is 1. The summed E-state index contributed by atoms with van der Waals surface area (Å²) in [5.74, 6) is -1.18. The lowest BCUT2D eigenvalue weighted by Gasteiger charge is -2.33. The highest BCUT2D eigenvalue weighted by atomic mass is 19.1. The number of nitrogens with zero attached hydrogens (tertiary/aromatic N) is 1. The minimum Gasteiger partial charge on any atom is -0.480 e. The molecule has 0 amide bonds. The van der Waals surface area contributed by atoms with E-state index in [1.807, 2.05) is 4.90 Å². The van der Waals surface area contributed by atoms with E-state index in [1.54, 1.807) is 12.1 Å². The first-order chi connectivity index (χ1) is 7.66. The van der Waals surface area contributed by atoms with Crippen LogP contribution in [0.4, 0.5) is 10.1 Å². The van der Waals surface area contributed by atoms with Crippen molar-refractivity contribution in [3.63, 3.8) is 0 Å². The van der Waals surface area contributed by atoms with Crippen LogP contribution in [-0.2, 0) is 4.79 Å². The van der Waals surface area contributed by atoms with Crippen LogP contribution in [0.3, 0.4) is 0 Å². The second-order valence-corrected chi connectivity index (χ2v) is 3.77. The first-order valence-corrected chi connectivity index (χ1v) is 5.13. The number of hydrogen-bond acceptors (Lipinski definition) is 3. The Morgan fingerprint density at radius 2 is 2.38 bits per heavy atom. The number of nitrogens with one attached hydrogen (secondary N) is 1. The maximum atomic E-state index is 13.0. The molecule has 2 N–H and O–H groups in total. The van der Waals surface area contributed by atoms with E-state index in [2.05, 4.69) is 5.32 Å². The minimum absolute atomic E-state index is 0.303. The Balaban J connectivity index is 2.12. The van der Waals surface area contributed by atoms with Crippen LogP contribution in [0.2, 0.25) is 0 Å². The van der Waals surface area contributed by atoms with Gasteiger partial charge in [-0.15, -0.1) is 0 Å². The second kappa shape index (κ2) is 4.49. The van der Waals surface area contributed by atoms with Crippen molar-refractivity contribution in [2.24, 2.45) is 0 Å². The van der Waals surface area contributed by atoms with Gasteiger partial charge in [0.1, 0.15) is 11.9 Å². The lowest BCUT2D eigenvalue weighted by molar-refractivity contribution is -0.139. The number of carbonyl (C=O) groups is 1. The monoisotopic (exact) mass is 224 g/mol. The van der Waals surface area contributed by atoms with Crippen molar-refractivity contribution in [3.8, 4) is 0 Å². The number of halogens is 1. The number of hydrogen-bond donors (Lipinski definition) is 2. The molecular weight excluding hydrogens is 211 g/mol. The van der Waals surface area contributed by atoms with Crippen LogP contribution in [0.25, 0.3) is 0 Å². The van der Waals surface area contributed by atoms with E-state index >= 15 is 0 Å². The van der Waals surface area contributed by atoms with E-state index in [9.17, 15) is 9.18 Å². The van der Waals surface area contributed by atoms with Crippen molar-refractivity contribution in [1.82, 2.24) is 5.32 Å². The summed E-state index contributed by atoms with van der Waals surface area (Å²) in [5.41, 5.74) is 0.729. The predicted molar refractivity (Wildman–Crippen MR) is 58.0 cm³/mol. The number of rotatable bonds is 2. The molecule has 1 unspecified atom stereocenters. The molecule has 1 fully saturated rings. The summed E-state index contributed by atoms with van der Waals surface area (Å²) in [6, 6.07) is 5.62. The Bertz CT molecular complexity index is 397. The van der Waals surface area contributed by atoms with Gasteiger partial charge in [-0.25, -0.2) is 4.39 Å². The van der Waals surface area contributed by atoms with E-state index in [0.717, 1.165) is 5.69 Å². The molecular formula is C11H13FN2O2. The molecule has 5 heteroatoms. The summed E-state index contributed by atoms with van der Waals surface area (Å²) in [5, 5.41) is 11.8. The lowest BCUT2D eigenvalue weighted by atomic mass is 10.2. The quantitative estimate of drug-likeness (QED) is 0.776. The van der Waals surface area contributed by atoms with Gasteiger partial charge in [0.2, 0.25) is 0 Å². The van der Waals surface area contributed by atoms with Gasteiger partial charge >= 0.3 is 5.97 Å². The molecule has 1 aliphatic rings. The Labute approximate surface area is 92.7 Å². The van der Waals surface area contributed by atoms with Crippen LogP contribution in [0, 0.1) is 5.82 Å². The zero-order valence-corrected chi connectivity index (χ0v) is 8.69. The van der Waals surface area contributed by atoms with Gasteiger partial charge in [-0.1, -0.05) is 6.07 Å². The lowest BCUT2D eigenvalue weighted by Crippen LogP contribution is -2.54.